The summed E-state index contributed by atoms with van der Waals surface area (Å²) in [5, 5.41) is 4.04. The Kier molecular flexibility index (Phi) is 7.96. The Morgan fingerprint density at radius 3 is 2.58 bits per heavy atom. The topological polar surface area (TPSA) is 67.6 Å². The number of hydrogen-bond donors (Lipinski definition) is 1. The first-order valence-electron chi connectivity index (χ1n) is 9.84. The molecule has 1 amide bonds. The van der Waals surface area contributed by atoms with E-state index in [9.17, 15) is 4.79 Å². The second kappa shape index (κ2) is 10.7. The molecule has 1 N–H and O–H groups in total. The lowest BCUT2D eigenvalue weighted by molar-refractivity contribution is -0.121. The summed E-state index contributed by atoms with van der Waals surface area (Å²) >= 11 is 12.2. The minimum absolute atomic E-state index is 0.0512. The van der Waals surface area contributed by atoms with E-state index in [1.807, 2.05) is 38.4 Å². The molecule has 0 spiro atoms. The summed E-state index contributed by atoms with van der Waals surface area (Å²) in [5.41, 5.74) is 1.81. The van der Waals surface area contributed by atoms with E-state index < -0.39 is 0 Å². The molecule has 0 radical (unpaired) electrons. The molecule has 31 heavy (non-hydrogen) atoms. The first kappa shape index (κ1) is 23.1. The second-order valence-corrected chi connectivity index (χ2v) is 8.14. The van der Waals surface area contributed by atoms with Gasteiger partial charge in [-0.3, -0.25) is 4.79 Å². The van der Waals surface area contributed by atoms with Crippen LogP contribution >= 0.6 is 23.2 Å². The van der Waals surface area contributed by atoms with Crippen LogP contribution in [0.4, 0.5) is 0 Å². The zero-order valence-electron chi connectivity index (χ0n) is 17.7. The molecule has 1 heterocycles. The largest absolute Gasteiger partial charge is 0.497 e. The van der Waals surface area contributed by atoms with E-state index in [4.69, 9.17) is 32.4 Å². The molecule has 164 valence electrons. The maximum Gasteiger partial charge on any atom is 0.220 e. The van der Waals surface area contributed by atoms with E-state index in [1.165, 1.54) is 0 Å². The highest BCUT2D eigenvalue weighted by atomic mass is 35.5. The minimum Gasteiger partial charge on any atom is -0.497 e. The molecule has 0 saturated heterocycles. The first-order chi connectivity index (χ1) is 14.9. The first-order valence-corrected chi connectivity index (χ1v) is 10.6. The number of rotatable bonds is 9. The van der Waals surface area contributed by atoms with Gasteiger partial charge in [-0.1, -0.05) is 35.3 Å². The second-order valence-electron chi connectivity index (χ2n) is 7.30. The quantitative estimate of drug-likeness (QED) is 0.484. The lowest BCUT2D eigenvalue weighted by atomic mass is 10.1. The SMILES string of the molecule is COc1ccc(C(CNC(=O)CCc2ncc(-c3ccc(Cl)cc3Cl)o2)N(C)C)cc1. The van der Waals surface area contributed by atoms with Gasteiger partial charge in [0.1, 0.15) is 5.75 Å². The van der Waals surface area contributed by atoms with Crippen molar-refractivity contribution in [2.24, 2.45) is 0 Å². The summed E-state index contributed by atoms with van der Waals surface area (Å²) in [5.74, 6) is 1.76. The highest BCUT2D eigenvalue weighted by molar-refractivity contribution is 6.36. The maximum atomic E-state index is 12.4. The number of ether oxygens (including phenoxy) is 1. The number of benzene rings is 2. The van der Waals surface area contributed by atoms with E-state index >= 15 is 0 Å². The van der Waals surface area contributed by atoms with Crippen molar-refractivity contribution < 1.29 is 13.9 Å². The van der Waals surface area contributed by atoms with Gasteiger partial charge in [-0.05, 0) is 50.0 Å². The highest BCUT2D eigenvalue weighted by Crippen LogP contribution is 2.30. The van der Waals surface area contributed by atoms with Crippen LogP contribution in [0.25, 0.3) is 11.3 Å². The van der Waals surface area contributed by atoms with E-state index in [-0.39, 0.29) is 18.4 Å². The number of carbonyl (C=O) groups excluding carboxylic acids is 1. The van der Waals surface area contributed by atoms with Gasteiger partial charge >= 0.3 is 0 Å². The summed E-state index contributed by atoms with van der Waals surface area (Å²) in [7, 11) is 5.61. The number of nitrogens with zero attached hydrogens (tertiary/aromatic N) is 2. The van der Waals surface area contributed by atoms with Crippen molar-refractivity contribution in [2.75, 3.05) is 27.7 Å². The fourth-order valence-corrected chi connectivity index (χ4v) is 3.69. The molecule has 3 rings (SSSR count). The molecule has 3 aromatic rings. The van der Waals surface area contributed by atoms with Gasteiger partial charge in [0.25, 0.3) is 0 Å². The van der Waals surface area contributed by atoms with Crippen molar-refractivity contribution in [1.82, 2.24) is 15.2 Å². The van der Waals surface area contributed by atoms with Crippen LogP contribution in [0.1, 0.15) is 23.9 Å². The van der Waals surface area contributed by atoms with Crippen LogP contribution in [0, 0.1) is 0 Å². The number of hydrogen-bond acceptors (Lipinski definition) is 5. The molecule has 1 aromatic heterocycles. The zero-order chi connectivity index (χ0) is 22.4. The van der Waals surface area contributed by atoms with E-state index in [1.54, 1.807) is 31.5 Å². The summed E-state index contributed by atoms with van der Waals surface area (Å²) < 4.78 is 11.0. The average Bonchev–Trinajstić information content (AvgIpc) is 3.21. The number of aromatic nitrogens is 1. The standard InChI is InChI=1S/C23H25Cl2N3O3/c1-28(2)20(15-4-7-17(30-3)8-5-15)13-26-22(29)10-11-23-27-14-21(31-23)18-9-6-16(24)12-19(18)25/h4-9,12,14,20H,10-11,13H2,1-3H3,(H,26,29). The summed E-state index contributed by atoms with van der Waals surface area (Å²) in [4.78, 5) is 18.7. The minimum atomic E-state index is -0.0652. The molecule has 0 saturated carbocycles. The third kappa shape index (κ3) is 6.23. The number of amides is 1. The predicted octanol–water partition coefficient (Wildman–Crippen LogP) is 5.01. The van der Waals surface area contributed by atoms with Crippen molar-refractivity contribution in [2.45, 2.75) is 18.9 Å². The predicted molar refractivity (Wildman–Crippen MR) is 123 cm³/mol. The van der Waals surface area contributed by atoms with Gasteiger partial charge < -0.3 is 19.4 Å². The fourth-order valence-electron chi connectivity index (χ4n) is 3.18. The number of carbonyl (C=O) groups is 1. The van der Waals surface area contributed by atoms with Crippen LogP contribution in [-0.4, -0.2) is 43.5 Å². The van der Waals surface area contributed by atoms with E-state index in [0.717, 1.165) is 11.3 Å². The number of halogens is 2. The maximum absolute atomic E-state index is 12.4. The van der Waals surface area contributed by atoms with Crippen LogP contribution < -0.4 is 10.1 Å². The molecule has 0 aliphatic carbocycles. The van der Waals surface area contributed by atoms with Gasteiger partial charge in [0.15, 0.2) is 11.7 Å². The van der Waals surface area contributed by atoms with Crippen molar-refractivity contribution in [3.8, 4) is 17.1 Å². The summed E-state index contributed by atoms with van der Waals surface area (Å²) in [6.07, 6.45) is 2.28. The van der Waals surface area contributed by atoms with Gasteiger partial charge in [-0.15, -0.1) is 0 Å². The van der Waals surface area contributed by atoms with Crippen molar-refractivity contribution >= 4 is 29.1 Å². The lowest BCUT2D eigenvalue weighted by Crippen LogP contribution is -2.34. The molecular weight excluding hydrogens is 437 g/mol. The van der Waals surface area contributed by atoms with E-state index in [0.29, 0.717) is 40.2 Å². The Morgan fingerprint density at radius 1 is 1.19 bits per heavy atom. The van der Waals surface area contributed by atoms with Gasteiger partial charge in [0.05, 0.1) is 24.4 Å². The number of aryl methyl sites for hydroxylation is 1. The summed E-state index contributed by atoms with van der Waals surface area (Å²) in [6, 6.07) is 13.1. The highest BCUT2D eigenvalue weighted by Gasteiger charge is 2.16. The average molecular weight is 462 g/mol. The molecule has 8 heteroatoms. The molecule has 2 aromatic carbocycles. The molecular formula is C23H25Cl2N3O3. The van der Waals surface area contributed by atoms with Gasteiger partial charge in [0, 0.05) is 30.0 Å². The molecule has 1 unspecified atom stereocenters. The Bertz CT molecular complexity index is 1020. The molecule has 0 fully saturated rings. The van der Waals surface area contributed by atoms with Crippen LogP contribution in [0.5, 0.6) is 5.75 Å². The molecule has 1 atom stereocenters. The third-order valence-electron chi connectivity index (χ3n) is 4.93. The van der Waals surface area contributed by atoms with Crippen molar-refractivity contribution in [3.05, 3.63) is 70.2 Å². The normalized spacial score (nSPS) is 12.1. The molecule has 0 aliphatic rings. The van der Waals surface area contributed by atoms with Crippen LogP contribution in [0.2, 0.25) is 10.0 Å². The van der Waals surface area contributed by atoms with E-state index in [2.05, 4.69) is 15.2 Å². The Hall–Kier alpha value is -2.54. The number of nitrogens with one attached hydrogen (secondary N) is 1. The van der Waals surface area contributed by atoms with Crippen LogP contribution in [0.15, 0.2) is 53.1 Å². The van der Waals surface area contributed by atoms with Gasteiger partial charge in [0.2, 0.25) is 5.91 Å². The van der Waals surface area contributed by atoms with Crippen LogP contribution in [0.3, 0.4) is 0 Å². The van der Waals surface area contributed by atoms with Gasteiger partial charge in [-0.25, -0.2) is 4.98 Å². The fraction of sp³-hybridized carbons (Fsp3) is 0.304. The Balaban J connectivity index is 1.54. The number of oxazole rings is 1. The molecule has 6 nitrogen and oxygen atoms in total. The van der Waals surface area contributed by atoms with Gasteiger partial charge in [-0.2, -0.15) is 0 Å². The smallest absolute Gasteiger partial charge is 0.220 e. The summed E-state index contributed by atoms with van der Waals surface area (Å²) in [6.45, 7) is 0.495. The third-order valence-corrected chi connectivity index (χ3v) is 5.48. The Morgan fingerprint density at radius 2 is 1.94 bits per heavy atom. The Labute approximate surface area is 192 Å². The zero-order valence-corrected chi connectivity index (χ0v) is 19.2. The molecule has 0 aliphatic heterocycles. The number of methoxy groups -OCH3 is 1. The van der Waals surface area contributed by atoms with Crippen LogP contribution in [-0.2, 0) is 11.2 Å². The lowest BCUT2D eigenvalue weighted by Gasteiger charge is -2.25. The van der Waals surface area contributed by atoms with Crippen molar-refractivity contribution in [1.29, 1.82) is 0 Å². The number of likely N-dealkylation sites (N-methyl/N-ethyl adjacent to an activating group) is 1. The van der Waals surface area contributed by atoms with Crippen molar-refractivity contribution in [3.63, 3.8) is 0 Å². The monoisotopic (exact) mass is 461 g/mol. The molecule has 0 bridgehead atoms.